The van der Waals surface area contributed by atoms with Crippen LogP contribution in [0.2, 0.25) is 0 Å². The molecule has 0 heterocycles. The largest absolute Gasteiger partial charge is 0.480 e. The molecule has 1 fully saturated rings. The summed E-state index contributed by atoms with van der Waals surface area (Å²) < 4.78 is 23.9. The summed E-state index contributed by atoms with van der Waals surface area (Å²) in [5.74, 6) is -1.32. The lowest BCUT2D eigenvalue weighted by Crippen LogP contribution is -2.48. The van der Waals surface area contributed by atoms with E-state index in [-0.39, 0.29) is 18.2 Å². The molecule has 0 aliphatic heterocycles. The molecule has 1 aliphatic rings. The van der Waals surface area contributed by atoms with Gasteiger partial charge in [-0.05, 0) is 18.8 Å². The zero-order valence-electron chi connectivity index (χ0n) is 10.9. The fourth-order valence-electron chi connectivity index (χ4n) is 1.48. The monoisotopic (exact) mass is 293 g/mol. The van der Waals surface area contributed by atoms with Crippen LogP contribution >= 0.6 is 0 Å². The van der Waals surface area contributed by atoms with Crippen LogP contribution in [0.5, 0.6) is 0 Å². The van der Waals surface area contributed by atoms with E-state index in [1.54, 1.807) is 0 Å². The molecule has 1 unspecified atom stereocenters. The van der Waals surface area contributed by atoms with E-state index in [0.717, 1.165) is 17.1 Å². The molecule has 19 heavy (non-hydrogen) atoms. The lowest BCUT2D eigenvalue weighted by atomic mass is 10.2. The minimum Gasteiger partial charge on any atom is -0.480 e. The van der Waals surface area contributed by atoms with Gasteiger partial charge in [-0.1, -0.05) is 0 Å². The van der Waals surface area contributed by atoms with Gasteiger partial charge in [-0.3, -0.25) is 0 Å². The summed E-state index contributed by atoms with van der Waals surface area (Å²) in [5.41, 5.74) is 0. The number of carboxylic acids is 1. The number of urea groups is 1. The summed E-state index contributed by atoms with van der Waals surface area (Å²) in [6.07, 6.45) is 1.57. The van der Waals surface area contributed by atoms with Gasteiger partial charge in [0, 0.05) is 20.6 Å². The molecular formula is C10H19N3O5S. The van der Waals surface area contributed by atoms with Crippen LogP contribution in [0.1, 0.15) is 12.8 Å². The molecule has 0 bridgehead atoms. The Morgan fingerprint density at radius 3 is 2.37 bits per heavy atom. The van der Waals surface area contributed by atoms with Crippen LogP contribution in [0.25, 0.3) is 0 Å². The first-order valence-electron chi connectivity index (χ1n) is 5.91. The predicted octanol–water partition coefficient (Wildman–Crippen LogP) is -0.960. The molecule has 1 aliphatic carbocycles. The van der Waals surface area contributed by atoms with Crippen molar-refractivity contribution in [1.29, 1.82) is 0 Å². The van der Waals surface area contributed by atoms with Crippen LogP contribution in [-0.2, 0) is 14.8 Å². The van der Waals surface area contributed by atoms with Gasteiger partial charge in [0.15, 0.2) is 0 Å². The van der Waals surface area contributed by atoms with Crippen molar-refractivity contribution in [3.63, 3.8) is 0 Å². The molecular weight excluding hydrogens is 274 g/mol. The predicted molar refractivity (Wildman–Crippen MR) is 68.2 cm³/mol. The van der Waals surface area contributed by atoms with E-state index in [1.165, 1.54) is 14.1 Å². The number of carbonyl (C=O) groups excluding carboxylic acids is 1. The van der Waals surface area contributed by atoms with Crippen molar-refractivity contribution in [2.75, 3.05) is 26.4 Å². The third-order valence-corrected chi connectivity index (χ3v) is 4.68. The van der Waals surface area contributed by atoms with Crippen molar-refractivity contribution in [3.8, 4) is 0 Å². The number of carboxylic acid groups (broad SMARTS) is 1. The standard InChI is InChI=1S/C10H19N3O5S/c1-13(2)19(17,18)6-5-11-10(16)12-8(9(14)15)7-3-4-7/h7-8H,3-6H2,1-2H3,(H,14,15)(H2,11,12,16). The Morgan fingerprint density at radius 1 is 1.37 bits per heavy atom. The maximum atomic E-state index is 11.5. The number of nitrogens with zero attached hydrogens (tertiary/aromatic N) is 1. The van der Waals surface area contributed by atoms with Gasteiger partial charge in [0.05, 0.1) is 5.75 Å². The van der Waals surface area contributed by atoms with Crippen molar-refractivity contribution in [2.45, 2.75) is 18.9 Å². The quantitative estimate of drug-likeness (QED) is 0.559. The van der Waals surface area contributed by atoms with E-state index in [9.17, 15) is 18.0 Å². The average Bonchev–Trinajstić information content (AvgIpc) is 3.08. The zero-order chi connectivity index (χ0) is 14.6. The minimum atomic E-state index is -3.37. The molecule has 0 saturated heterocycles. The van der Waals surface area contributed by atoms with Crippen molar-refractivity contribution < 1.29 is 23.1 Å². The van der Waals surface area contributed by atoms with Gasteiger partial charge in [0.1, 0.15) is 6.04 Å². The molecule has 0 aromatic rings. The summed E-state index contributed by atoms with van der Waals surface area (Å²) in [5, 5.41) is 13.6. The highest BCUT2D eigenvalue weighted by Gasteiger charge is 2.37. The van der Waals surface area contributed by atoms with Gasteiger partial charge >= 0.3 is 12.0 Å². The smallest absolute Gasteiger partial charge is 0.326 e. The second kappa shape index (κ2) is 6.20. The molecule has 0 radical (unpaired) electrons. The normalized spacial score (nSPS) is 17.0. The average molecular weight is 293 g/mol. The lowest BCUT2D eigenvalue weighted by molar-refractivity contribution is -0.139. The maximum absolute atomic E-state index is 11.5. The minimum absolute atomic E-state index is 0.0197. The molecule has 0 spiro atoms. The van der Waals surface area contributed by atoms with Gasteiger partial charge in [-0.25, -0.2) is 22.3 Å². The molecule has 3 N–H and O–H groups in total. The molecule has 0 aromatic heterocycles. The topological polar surface area (TPSA) is 116 Å². The van der Waals surface area contributed by atoms with Gasteiger partial charge in [-0.15, -0.1) is 0 Å². The lowest BCUT2D eigenvalue weighted by Gasteiger charge is -2.15. The number of amides is 2. The second-order valence-corrected chi connectivity index (χ2v) is 6.95. The van der Waals surface area contributed by atoms with Crippen LogP contribution in [0.15, 0.2) is 0 Å². The number of aliphatic carboxylic acids is 1. The van der Waals surface area contributed by atoms with Gasteiger partial charge in [-0.2, -0.15) is 0 Å². The highest BCUT2D eigenvalue weighted by atomic mass is 32.2. The Balaban J connectivity index is 2.33. The first-order chi connectivity index (χ1) is 8.74. The second-order valence-electron chi connectivity index (χ2n) is 4.65. The summed E-state index contributed by atoms with van der Waals surface area (Å²) in [7, 11) is -0.557. The molecule has 1 saturated carbocycles. The van der Waals surface area contributed by atoms with Crippen molar-refractivity contribution in [3.05, 3.63) is 0 Å². The molecule has 2 amide bonds. The number of hydrogen-bond donors (Lipinski definition) is 3. The highest BCUT2D eigenvalue weighted by molar-refractivity contribution is 7.89. The van der Waals surface area contributed by atoms with Gasteiger partial charge in [0.25, 0.3) is 0 Å². The first-order valence-corrected chi connectivity index (χ1v) is 7.52. The number of nitrogens with one attached hydrogen (secondary N) is 2. The fraction of sp³-hybridized carbons (Fsp3) is 0.800. The molecule has 0 aromatic carbocycles. The molecule has 9 heteroatoms. The Kier molecular flexibility index (Phi) is 5.12. The number of hydrogen-bond acceptors (Lipinski definition) is 4. The summed E-state index contributed by atoms with van der Waals surface area (Å²) in [6.45, 7) is -0.0661. The third-order valence-electron chi connectivity index (χ3n) is 2.85. The number of sulfonamides is 1. The summed E-state index contributed by atoms with van der Waals surface area (Å²) >= 11 is 0. The maximum Gasteiger partial charge on any atom is 0.326 e. The van der Waals surface area contributed by atoms with Crippen LogP contribution < -0.4 is 10.6 Å². The number of rotatable bonds is 7. The van der Waals surface area contributed by atoms with E-state index in [0.29, 0.717) is 0 Å². The Hall–Kier alpha value is -1.35. The van der Waals surface area contributed by atoms with E-state index < -0.39 is 28.1 Å². The van der Waals surface area contributed by atoms with Crippen LogP contribution in [0.3, 0.4) is 0 Å². The van der Waals surface area contributed by atoms with Crippen molar-refractivity contribution >= 4 is 22.0 Å². The first kappa shape index (κ1) is 15.7. The summed E-state index contributed by atoms with van der Waals surface area (Å²) in [6, 6.07) is -1.56. The summed E-state index contributed by atoms with van der Waals surface area (Å²) in [4.78, 5) is 22.3. The SMILES string of the molecule is CN(C)S(=O)(=O)CCNC(=O)NC(C(=O)O)C1CC1. The highest BCUT2D eigenvalue weighted by Crippen LogP contribution is 2.32. The third kappa shape index (κ3) is 5.03. The molecule has 8 nitrogen and oxygen atoms in total. The van der Waals surface area contributed by atoms with Crippen LogP contribution in [0.4, 0.5) is 4.79 Å². The van der Waals surface area contributed by atoms with Crippen molar-refractivity contribution in [1.82, 2.24) is 14.9 Å². The Labute approximate surface area is 112 Å². The van der Waals surface area contributed by atoms with E-state index >= 15 is 0 Å². The number of carbonyl (C=O) groups is 2. The fourth-order valence-corrected chi connectivity index (χ4v) is 2.20. The van der Waals surface area contributed by atoms with E-state index in [1.807, 2.05) is 0 Å². The molecule has 110 valence electrons. The van der Waals surface area contributed by atoms with E-state index in [4.69, 9.17) is 5.11 Å². The van der Waals surface area contributed by atoms with Crippen LogP contribution in [-0.4, -0.2) is 62.3 Å². The Morgan fingerprint density at radius 2 is 1.95 bits per heavy atom. The molecule has 1 rings (SSSR count). The zero-order valence-corrected chi connectivity index (χ0v) is 11.7. The Bertz CT molecular complexity index is 444. The van der Waals surface area contributed by atoms with E-state index in [2.05, 4.69) is 10.6 Å². The van der Waals surface area contributed by atoms with Gasteiger partial charge < -0.3 is 15.7 Å². The molecule has 1 atom stereocenters. The van der Waals surface area contributed by atoms with Gasteiger partial charge in [0.2, 0.25) is 10.0 Å². The van der Waals surface area contributed by atoms with Crippen LogP contribution in [0, 0.1) is 5.92 Å². The van der Waals surface area contributed by atoms with Crippen molar-refractivity contribution in [2.24, 2.45) is 5.92 Å².